The van der Waals surface area contributed by atoms with Gasteiger partial charge in [0, 0.05) is 12.7 Å². The summed E-state index contributed by atoms with van der Waals surface area (Å²) >= 11 is 1.01. The van der Waals surface area contributed by atoms with Gasteiger partial charge in [-0.3, -0.25) is 14.4 Å². The molecule has 0 saturated carbocycles. The van der Waals surface area contributed by atoms with E-state index in [0.717, 1.165) is 11.3 Å². The van der Waals surface area contributed by atoms with Crippen LogP contribution in [0.15, 0.2) is 18.2 Å². The Kier molecular flexibility index (Phi) is 7.22. The first-order chi connectivity index (χ1) is 15.7. The van der Waals surface area contributed by atoms with Crippen molar-refractivity contribution in [2.45, 2.75) is 39.8 Å². The number of amides is 3. The van der Waals surface area contributed by atoms with Gasteiger partial charge in [-0.05, 0) is 51.5 Å². The highest BCUT2D eigenvalue weighted by atomic mass is 32.1. The maximum atomic E-state index is 12.9. The van der Waals surface area contributed by atoms with Gasteiger partial charge in [0.1, 0.15) is 16.8 Å². The van der Waals surface area contributed by atoms with Crippen molar-refractivity contribution in [3.63, 3.8) is 0 Å². The van der Waals surface area contributed by atoms with Crippen molar-refractivity contribution in [2.75, 3.05) is 29.6 Å². The van der Waals surface area contributed by atoms with E-state index in [9.17, 15) is 19.2 Å². The average Bonchev–Trinajstić information content (AvgIpc) is 3.10. The quantitative estimate of drug-likeness (QED) is 0.453. The van der Waals surface area contributed by atoms with Gasteiger partial charge in [-0.15, -0.1) is 11.3 Å². The van der Waals surface area contributed by atoms with Gasteiger partial charge in [0.2, 0.25) is 5.91 Å². The van der Waals surface area contributed by atoms with Gasteiger partial charge in [-0.1, -0.05) is 0 Å². The lowest BCUT2D eigenvalue weighted by atomic mass is 10.1. The maximum absolute atomic E-state index is 12.9. The lowest BCUT2D eigenvalue weighted by molar-refractivity contribution is -0.122. The highest BCUT2D eigenvalue weighted by Gasteiger charge is 2.28. The van der Waals surface area contributed by atoms with Crippen molar-refractivity contribution in [3.8, 4) is 5.75 Å². The van der Waals surface area contributed by atoms with Crippen LogP contribution in [-0.2, 0) is 14.3 Å². The van der Waals surface area contributed by atoms with Crippen molar-refractivity contribution < 1.29 is 28.7 Å². The van der Waals surface area contributed by atoms with Crippen LogP contribution in [0.4, 0.5) is 16.4 Å². The van der Waals surface area contributed by atoms with Crippen molar-refractivity contribution in [1.29, 1.82) is 0 Å². The van der Waals surface area contributed by atoms with E-state index in [-0.39, 0.29) is 29.0 Å². The van der Waals surface area contributed by atoms with Gasteiger partial charge in [0.15, 0.2) is 6.10 Å². The molecule has 11 heteroatoms. The van der Waals surface area contributed by atoms with Crippen molar-refractivity contribution in [1.82, 2.24) is 5.32 Å². The number of hydrogen-bond acceptors (Lipinski definition) is 8. The number of carbonyl (C=O) groups excluding carboxylic acids is 4. The molecule has 176 valence electrons. The molecule has 2 atom stereocenters. The Labute approximate surface area is 195 Å². The molecule has 0 saturated heterocycles. The minimum absolute atomic E-state index is 0.156. The molecule has 4 N–H and O–H groups in total. The molecule has 0 radical (unpaired) electrons. The van der Waals surface area contributed by atoms with E-state index in [4.69, 9.17) is 9.47 Å². The van der Waals surface area contributed by atoms with Gasteiger partial charge < -0.3 is 30.7 Å². The summed E-state index contributed by atoms with van der Waals surface area (Å²) in [5.41, 5.74) is 1.69. The summed E-state index contributed by atoms with van der Waals surface area (Å²) in [6, 6.07) is 4.40. The van der Waals surface area contributed by atoms with E-state index >= 15 is 0 Å². The Morgan fingerprint density at radius 1 is 1.30 bits per heavy atom. The topological polar surface area (TPSA) is 135 Å². The second-order valence-corrected chi connectivity index (χ2v) is 8.40. The molecular weight excluding hydrogens is 448 g/mol. The average molecular weight is 475 g/mol. The number of nitrogens with one attached hydrogen (secondary N) is 4. The zero-order valence-corrected chi connectivity index (χ0v) is 19.8. The van der Waals surface area contributed by atoms with Crippen LogP contribution in [0, 0.1) is 6.92 Å². The second-order valence-electron chi connectivity index (χ2n) is 7.38. The summed E-state index contributed by atoms with van der Waals surface area (Å²) in [6.45, 7) is 6.77. The van der Waals surface area contributed by atoms with Crippen LogP contribution in [-0.4, -0.2) is 49.5 Å². The number of esters is 1. The summed E-state index contributed by atoms with van der Waals surface area (Å²) < 4.78 is 10.6. The fourth-order valence-electron chi connectivity index (χ4n) is 3.21. The molecule has 2 aromatic rings. The fraction of sp³-hybridized carbons (Fsp3) is 0.364. The molecule has 1 aromatic carbocycles. The first kappa shape index (κ1) is 24.1. The van der Waals surface area contributed by atoms with E-state index in [1.807, 2.05) is 0 Å². The molecule has 0 aliphatic carbocycles. The number of thiophene rings is 1. The molecule has 3 rings (SSSR count). The molecule has 0 spiro atoms. The summed E-state index contributed by atoms with van der Waals surface area (Å²) in [5.74, 6) is -1.10. The lowest BCUT2D eigenvalue weighted by Crippen LogP contribution is -2.34. The molecule has 33 heavy (non-hydrogen) atoms. The molecule has 3 amide bonds. The number of rotatable bonds is 7. The Morgan fingerprint density at radius 3 is 2.70 bits per heavy atom. The molecule has 2 heterocycles. The lowest BCUT2D eigenvalue weighted by Gasteiger charge is -2.24. The Morgan fingerprint density at radius 2 is 2.03 bits per heavy atom. The molecule has 0 fully saturated rings. The smallest absolute Gasteiger partial charge is 0.341 e. The number of benzene rings is 1. The third-order valence-corrected chi connectivity index (χ3v) is 6.19. The fourth-order valence-corrected chi connectivity index (χ4v) is 4.36. The standard InChI is InChI=1S/C22H26N4O6S/c1-6-31-22(30)16-10(2)17(20(29)23-5)33-21(16)26-18(27)11(3)24-13-7-8-15-14(9-13)25-19(28)12(4)32-15/h7-9,11-12,24H,6H2,1-5H3,(H,23,29)(H,25,28)(H,26,27)/t11-,12-/m0/s1. The Hall–Kier alpha value is -3.60. The van der Waals surface area contributed by atoms with Gasteiger partial charge >= 0.3 is 5.97 Å². The first-order valence-corrected chi connectivity index (χ1v) is 11.2. The molecule has 0 unspecified atom stereocenters. The minimum atomic E-state index is -0.705. The van der Waals surface area contributed by atoms with E-state index in [1.165, 1.54) is 7.05 Å². The second kappa shape index (κ2) is 9.90. The van der Waals surface area contributed by atoms with Gasteiger partial charge in [-0.2, -0.15) is 0 Å². The third kappa shape index (κ3) is 5.08. The minimum Gasteiger partial charge on any atom is -0.479 e. The van der Waals surface area contributed by atoms with E-state index < -0.39 is 24.0 Å². The molecular formula is C22H26N4O6S. The number of fused-ring (bicyclic) bond motifs is 1. The van der Waals surface area contributed by atoms with E-state index in [1.54, 1.807) is 45.9 Å². The SMILES string of the molecule is CCOC(=O)c1c(NC(=O)[C@H](C)Nc2ccc3c(c2)NC(=O)[C@H](C)O3)sc(C(=O)NC)c1C. The van der Waals surface area contributed by atoms with Gasteiger partial charge in [-0.25, -0.2) is 4.79 Å². The molecule has 0 bridgehead atoms. The zero-order chi connectivity index (χ0) is 24.3. The summed E-state index contributed by atoms with van der Waals surface area (Å²) in [4.78, 5) is 49.7. The van der Waals surface area contributed by atoms with Crippen LogP contribution in [0.1, 0.15) is 46.4 Å². The molecule has 1 aliphatic rings. The maximum Gasteiger partial charge on any atom is 0.341 e. The van der Waals surface area contributed by atoms with Gasteiger partial charge in [0.25, 0.3) is 11.8 Å². The largest absolute Gasteiger partial charge is 0.479 e. The molecule has 1 aromatic heterocycles. The highest BCUT2D eigenvalue weighted by molar-refractivity contribution is 7.18. The Balaban J connectivity index is 1.78. The van der Waals surface area contributed by atoms with Crippen molar-refractivity contribution in [2.24, 2.45) is 0 Å². The third-order valence-electron chi connectivity index (χ3n) is 4.98. The monoisotopic (exact) mass is 474 g/mol. The number of hydrogen-bond donors (Lipinski definition) is 4. The number of anilines is 3. The first-order valence-electron chi connectivity index (χ1n) is 10.4. The van der Waals surface area contributed by atoms with Crippen LogP contribution in [0.2, 0.25) is 0 Å². The number of carbonyl (C=O) groups is 4. The van der Waals surface area contributed by atoms with Crippen LogP contribution in [0.3, 0.4) is 0 Å². The van der Waals surface area contributed by atoms with Crippen LogP contribution in [0.25, 0.3) is 0 Å². The molecule has 10 nitrogen and oxygen atoms in total. The van der Waals surface area contributed by atoms with E-state index in [0.29, 0.717) is 27.6 Å². The zero-order valence-electron chi connectivity index (χ0n) is 19.0. The summed E-state index contributed by atoms with van der Waals surface area (Å²) in [7, 11) is 1.49. The van der Waals surface area contributed by atoms with Crippen LogP contribution >= 0.6 is 11.3 Å². The van der Waals surface area contributed by atoms with Crippen molar-refractivity contribution in [3.05, 3.63) is 34.2 Å². The summed E-state index contributed by atoms with van der Waals surface area (Å²) in [6.07, 6.45) is -0.580. The highest BCUT2D eigenvalue weighted by Crippen LogP contribution is 2.35. The Bertz CT molecular complexity index is 1110. The van der Waals surface area contributed by atoms with Gasteiger partial charge in [0.05, 0.1) is 22.7 Å². The van der Waals surface area contributed by atoms with E-state index in [2.05, 4.69) is 21.3 Å². The summed E-state index contributed by atoms with van der Waals surface area (Å²) in [5, 5.41) is 11.3. The van der Waals surface area contributed by atoms with Crippen LogP contribution in [0.5, 0.6) is 5.75 Å². The van der Waals surface area contributed by atoms with Crippen molar-refractivity contribution >= 4 is 51.4 Å². The number of ether oxygens (including phenoxy) is 2. The molecule has 1 aliphatic heterocycles. The predicted molar refractivity (Wildman–Crippen MR) is 125 cm³/mol. The van der Waals surface area contributed by atoms with Crippen LogP contribution < -0.4 is 26.0 Å². The predicted octanol–water partition coefficient (Wildman–Crippen LogP) is 2.75. The normalized spacial score (nSPS) is 15.4.